The van der Waals surface area contributed by atoms with Gasteiger partial charge in [0, 0.05) is 51.2 Å². The Labute approximate surface area is 223 Å². The molecular formula is C27H26BrN3O3S2. The Hall–Kier alpha value is -2.59. The zero-order valence-corrected chi connectivity index (χ0v) is 22.8. The van der Waals surface area contributed by atoms with Crippen molar-refractivity contribution in [3.8, 4) is 11.3 Å². The van der Waals surface area contributed by atoms with Crippen molar-refractivity contribution in [2.24, 2.45) is 0 Å². The van der Waals surface area contributed by atoms with Gasteiger partial charge in [-0.05, 0) is 60.9 Å². The summed E-state index contributed by atoms with van der Waals surface area (Å²) in [5, 5.41) is 4.11. The van der Waals surface area contributed by atoms with Gasteiger partial charge in [-0.2, -0.15) is 4.31 Å². The highest BCUT2D eigenvalue weighted by molar-refractivity contribution is 9.10. The van der Waals surface area contributed by atoms with Gasteiger partial charge in [0.2, 0.25) is 10.0 Å². The van der Waals surface area contributed by atoms with Crippen LogP contribution in [0.5, 0.6) is 0 Å². The number of carbonyl (C=O) groups excluding carboxylic acids is 1. The van der Waals surface area contributed by atoms with Crippen LogP contribution in [0.2, 0.25) is 0 Å². The predicted octanol–water partition coefficient (Wildman–Crippen LogP) is 5.90. The molecule has 5 rings (SSSR count). The molecule has 1 fully saturated rings. The highest BCUT2D eigenvalue weighted by Gasteiger charge is 2.27. The normalized spacial score (nSPS) is 14.4. The number of thioether (sulfide) groups is 1. The van der Waals surface area contributed by atoms with Gasteiger partial charge in [0.15, 0.2) is 0 Å². The third-order valence-electron chi connectivity index (χ3n) is 6.24. The minimum absolute atomic E-state index is 0.215. The molecule has 4 aromatic rings. The summed E-state index contributed by atoms with van der Waals surface area (Å²) in [4.78, 5) is 17.6. The summed E-state index contributed by atoms with van der Waals surface area (Å²) in [6, 6.07) is 22.6. The summed E-state index contributed by atoms with van der Waals surface area (Å²) in [7, 11) is -3.48. The van der Waals surface area contributed by atoms with Crippen LogP contribution in [0.15, 0.2) is 87.1 Å². The molecule has 0 spiro atoms. The molecule has 1 saturated heterocycles. The second-order valence-electron chi connectivity index (χ2n) is 8.62. The largest absolute Gasteiger partial charge is 0.354 e. The Kier molecular flexibility index (Phi) is 7.52. The highest BCUT2D eigenvalue weighted by Crippen LogP contribution is 2.37. The number of sulfonamides is 1. The van der Waals surface area contributed by atoms with E-state index in [1.54, 1.807) is 23.9 Å². The molecule has 1 aliphatic heterocycles. The monoisotopic (exact) mass is 583 g/mol. The molecule has 2 N–H and O–H groups in total. The van der Waals surface area contributed by atoms with E-state index in [4.69, 9.17) is 0 Å². The topological polar surface area (TPSA) is 82.3 Å². The molecule has 1 amide bonds. The molecule has 0 saturated carbocycles. The first-order chi connectivity index (χ1) is 17.4. The molecule has 9 heteroatoms. The number of nitrogens with zero attached hydrogens (tertiary/aromatic N) is 1. The molecule has 1 aromatic heterocycles. The first-order valence-electron chi connectivity index (χ1n) is 11.8. The number of nitrogens with one attached hydrogen (secondary N) is 2. The number of aromatic nitrogens is 1. The summed E-state index contributed by atoms with van der Waals surface area (Å²) in [5.41, 5.74) is 3.69. The zero-order chi connectivity index (χ0) is 25.1. The summed E-state index contributed by atoms with van der Waals surface area (Å²) in [6.07, 6.45) is 1.78. The van der Waals surface area contributed by atoms with Crippen molar-refractivity contribution in [1.82, 2.24) is 14.6 Å². The fraction of sp³-hybridized carbons (Fsp3) is 0.222. The predicted molar refractivity (Wildman–Crippen MR) is 149 cm³/mol. The molecule has 0 atom stereocenters. The van der Waals surface area contributed by atoms with Crippen LogP contribution in [0.1, 0.15) is 23.2 Å². The van der Waals surface area contributed by atoms with Crippen LogP contribution in [-0.2, 0) is 10.0 Å². The number of carbonyl (C=O) groups is 1. The van der Waals surface area contributed by atoms with Gasteiger partial charge in [-0.1, -0.05) is 46.3 Å². The maximum absolute atomic E-state index is 12.7. The van der Waals surface area contributed by atoms with Gasteiger partial charge >= 0.3 is 0 Å². The Morgan fingerprint density at radius 1 is 0.972 bits per heavy atom. The molecule has 2 heterocycles. The van der Waals surface area contributed by atoms with E-state index in [0.29, 0.717) is 31.0 Å². The van der Waals surface area contributed by atoms with Crippen LogP contribution in [0.25, 0.3) is 22.2 Å². The third-order valence-corrected chi connectivity index (χ3v) is 9.81. The fourth-order valence-corrected chi connectivity index (χ4v) is 7.20. The average molecular weight is 585 g/mol. The Morgan fingerprint density at radius 3 is 2.39 bits per heavy atom. The lowest BCUT2D eigenvalue weighted by atomic mass is 10.1. The number of para-hydroxylation sites is 1. The van der Waals surface area contributed by atoms with Gasteiger partial charge in [-0.25, -0.2) is 8.42 Å². The van der Waals surface area contributed by atoms with Crippen molar-refractivity contribution in [3.63, 3.8) is 0 Å². The number of amides is 1. The van der Waals surface area contributed by atoms with E-state index >= 15 is 0 Å². The van der Waals surface area contributed by atoms with Gasteiger partial charge in [0.1, 0.15) is 0 Å². The van der Waals surface area contributed by atoms with Gasteiger partial charge in [0.25, 0.3) is 5.91 Å². The van der Waals surface area contributed by atoms with E-state index in [9.17, 15) is 13.2 Å². The van der Waals surface area contributed by atoms with Crippen LogP contribution in [0.3, 0.4) is 0 Å². The minimum atomic E-state index is -3.48. The molecule has 0 aliphatic carbocycles. The number of fused-ring (bicyclic) bond motifs is 1. The molecule has 1 aliphatic rings. The number of halogens is 1. The van der Waals surface area contributed by atoms with Gasteiger partial charge < -0.3 is 10.3 Å². The van der Waals surface area contributed by atoms with E-state index < -0.39 is 10.0 Å². The first-order valence-corrected chi connectivity index (χ1v) is 15.0. The van der Waals surface area contributed by atoms with Crippen LogP contribution < -0.4 is 5.32 Å². The number of hydrogen-bond acceptors (Lipinski definition) is 4. The number of hydrogen-bond donors (Lipinski definition) is 2. The van der Waals surface area contributed by atoms with Crippen LogP contribution in [0, 0.1) is 0 Å². The number of benzene rings is 3. The lowest BCUT2D eigenvalue weighted by Crippen LogP contribution is -2.28. The van der Waals surface area contributed by atoms with Crippen molar-refractivity contribution >= 4 is 54.5 Å². The van der Waals surface area contributed by atoms with Crippen molar-refractivity contribution in [1.29, 1.82) is 0 Å². The third kappa shape index (κ3) is 5.25. The highest BCUT2D eigenvalue weighted by atomic mass is 79.9. The van der Waals surface area contributed by atoms with Crippen LogP contribution in [-0.4, -0.2) is 49.0 Å². The standard InChI is InChI=1S/C27H26BrN3O3S2/c28-21-11-7-19(8-12-21)25-26(23-5-1-2-6-24(23)30-25)35-18-15-29-27(32)20-9-13-22(14-10-20)36(33,34)31-16-3-4-17-31/h1-2,5-14,30H,3-4,15-18H2,(H,29,32). The SMILES string of the molecule is O=C(NCCSc1c(-c2ccc(Br)cc2)[nH]c2ccccc12)c1ccc(S(=O)(=O)N2CCCC2)cc1. The van der Waals surface area contributed by atoms with Gasteiger partial charge in [0.05, 0.1) is 10.6 Å². The second-order valence-corrected chi connectivity index (χ2v) is 12.6. The maximum atomic E-state index is 12.7. The Balaban J connectivity index is 1.23. The molecule has 0 radical (unpaired) electrons. The minimum Gasteiger partial charge on any atom is -0.354 e. The molecule has 0 bridgehead atoms. The maximum Gasteiger partial charge on any atom is 0.251 e. The average Bonchev–Trinajstić information content (AvgIpc) is 3.56. The smallest absolute Gasteiger partial charge is 0.251 e. The molecular weight excluding hydrogens is 558 g/mol. The summed E-state index contributed by atoms with van der Waals surface area (Å²) >= 11 is 5.19. The van der Waals surface area contributed by atoms with E-state index in [0.717, 1.165) is 44.4 Å². The lowest BCUT2D eigenvalue weighted by Gasteiger charge is -2.15. The fourth-order valence-electron chi connectivity index (χ4n) is 4.36. The number of rotatable bonds is 8. The molecule has 0 unspecified atom stereocenters. The summed E-state index contributed by atoms with van der Waals surface area (Å²) < 4.78 is 27.9. The van der Waals surface area contributed by atoms with Crippen LogP contribution in [0.4, 0.5) is 0 Å². The Morgan fingerprint density at radius 2 is 1.67 bits per heavy atom. The van der Waals surface area contributed by atoms with Gasteiger partial charge in [-0.3, -0.25) is 4.79 Å². The first kappa shape index (κ1) is 25.1. The number of aromatic amines is 1. The van der Waals surface area contributed by atoms with E-state index in [1.807, 2.05) is 24.3 Å². The van der Waals surface area contributed by atoms with Crippen molar-refractivity contribution in [2.45, 2.75) is 22.6 Å². The molecule has 6 nitrogen and oxygen atoms in total. The summed E-state index contributed by atoms with van der Waals surface area (Å²) in [6.45, 7) is 1.60. The van der Waals surface area contributed by atoms with Gasteiger partial charge in [-0.15, -0.1) is 11.8 Å². The number of H-pyrrole nitrogens is 1. The zero-order valence-electron chi connectivity index (χ0n) is 19.5. The van der Waals surface area contributed by atoms with Crippen molar-refractivity contribution in [2.75, 3.05) is 25.4 Å². The molecule has 3 aromatic carbocycles. The molecule has 36 heavy (non-hydrogen) atoms. The van der Waals surface area contributed by atoms with E-state index in [-0.39, 0.29) is 10.8 Å². The van der Waals surface area contributed by atoms with E-state index in [1.165, 1.54) is 16.4 Å². The second kappa shape index (κ2) is 10.8. The lowest BCUT2D eigenvalue weighted by molar-refractivity contribution is 0.0956. The van der Waals surface area contributed by atoms with Crippen molar-refractivity contribution in [3.05, 3.63) is 82.8 Å². The quantitative estimate of drug-likeness (QED) is 0.200. The van der Waals surface area contributed by atoms with Crippen molar-refractivity contribution < 1.29 is 13.2 Å². The Bertz CT molecular complexity index is 1480. The van der Waals surface area contributed by atoms with Crippen LogP contribution >= 0.6 is 27.7 Å². The summed E-state index contributed by atoms with van der Waals surface area (Å²) in [5.74, 6) is 0.478. The van der Waals surface area contributed by atoms with E-state index in [2.05, 4.69) is 50.5 Å². The molecule has 186 valence electrons.